The number of aromatic hydroxyl groups is 1. The molecule has 130 valence electrons. The summed E-state index contributed by atoms with van der Waals surface area (Å²) in [6, 6.07) is 1.01. The minimum Gasteiger partial charge on any atom is -0.502 e. The van der Waals surface area contributed by atoms with Crippen LogP contribution in [0.2, 0.25) is 0 Å². The fourth-order valence-electron chi connectivity index (χ4n) is 2.56. The Kier molecular flexibility index (Phi) is 5.40. The lowest BCUT2D eigenvalue weighted by Crippen LogP contribution is -2.15. The predicted octanol–water partition coefficient (Wildman–Crippen LogP) is 0.965. The molecule has 0 unspecified atom stereocenters. The first-order valence-electron chi connectivity index (χ1n) is 7.49. The van der Waals surface area contributed by atoms with E-state index in [1.54, 1.807) is 31.8 Å². The normalized spacial score (nSPS) is 12.2. The van der Waals surface area contributed by atoms with Gasteiger partial charge in [-0.25, -0.2) is 0 Å². The van der Waals surface area contributed by atoms with Gasteiger partial charge >= 0.3 is 5.97 Å². The highest BCUT2D eigenvalue weighted by Gasteiger charge is 2.29. The highest BCUT2D eigenvalue weighted by atomic mass is 16.5. The molecule has 0 saturated carbocycles. The molecule has 0 aliphatic carbocycles. The quantitative estimate of drug-likeness (QED) is 0.755. The lowest BCUT2D eigenvalue weighted by Gasteiger charge is -2.16. The van der Waals surface area contributed by atoms with Gasteiger partial charge in [0.1, 0.15) is 12.4 Å². The number of hydrogen-bond acceptors (Lipinski definition) is 7. The second-order valence-corrected chi connectivity index (χ2v) is 5.35. The molecular formula is C16H20N2O6. The van der Waals surface area contributed by atoms with E-state index in [9.17, 15) is 19.8 Å². The van der Waals surface area contributed by atoms with Gasteiger partial charge in [-0.1, -0.05) is 0 Å². The number of aryl methyl sites for hydroxylation is 2. The summed E-state index contributed by atoms with van der Waals surface area (Å²) in [5.41, 5.74) is 0.568. The molecule has 2 aromatic rings. The zero-order chi connectivity index (χ0) is 17.9. The molecule has 1 atom stereocenters. The summed E-state index contributed by atoms with van der Waals surface area (Å²) in [6.45, 7) is 3.15. The Hall–Kier alpha value is -2.61. The van der Waals surface area contributed by atoms with E-state index >= 15 is 0 Å². The number of hydrogen-bond donors (Lipinski definition) is 2. The topological polar surface area (TPSA) is 115 Å². The van der Waals surface area contributed by atoms with Crippen LogP contribution in [0.25, 0.3) is 0 Å². The third kappa shape index (κ3) is 3.65. The van der Waals surface area contributed by atoms with Gasteiger partial charge in [0.25, 0.3) is 0 Å². The van der Waals surface area contributed by atoms with E-state index in [1.165, 1.54) is 0 Å². The third-order valence-corrected chi connectivity index (χ3v) is 3.58. The predicted molar refractivity (Wildman–Crippen MR) is 83.6 cm³/mol. The average molecular weight is 336 g/mol. The van der Waals surface area contributed by atoms with Crippen molar-refractivity contribution >= 4 is 5.97 Å². The number of aliphatic hydroxyl groups excluding tert-OH is 1. The lowest BCUT2D eigenvalue weighted by atomic mass is 9.92. The molecule has 0 bridgehead atoms. The minimum atomic E-state index is -0.753. The summed E-state index contributed by atoms with van der Waals surface area (Å²) >= 11 is 0. The van der Waals surface area contributed by atoms with Gasteiger partial charge in [0.05, 0.1) is 24.6 Å². The fourth-order valence-corrected chi connectivity index (χ4v) is 2.56. The van der Waals surface area contributed by atoms with Crippen molar-refractivity contribution in [3.63, 3.8) is 0 Å². The van der Waals surface area contributed by atoms with Gasteiger partial charge in [0, 0.05) is 24.9 Å². The van der Waals surface area contributed by atoms with Crippen molar-refractivity contribution in [2.45, 2.75) is 32.8 Å². The summed E-state index contributed by atoms with van der Waals surface area (Å²) < 4.78 is 12.0. The first-order valence-corrected chi connectivity index (χ1v) is 7.49. The Labute approximate surface area is 138 Å². The smallest absolute Gasteiger partial charge is 0.306 e. The summed E-state index contributed by atoms with van der Waals surface area (Å²) in [5, 5.41) is 23.6. The van der Waals surface area contributed by atoms with E-state index in [1.807, 2.05) is 0 Å². The number of nitrogens with zero attached hydrogens (tertiary/aromatic N) is 2. The van der Waals surface area contributed by atoms with Crippen LogP contribution in [0.4, 0.5) is 0 Å². The molecule has 0 radical (unpaired) electrons. The van der Waals surface area contributed by atoms with Gasteiger partial charge in [-0.15, -0.1) is 0 Å². The molecular weight excluding hydrogens is 316 g/mol. The van der Waals surface area contributed by atoms with E-state index < -0.39 is 29.7 Å². The van der Waals surface area contributed by atoms with Crippen LogP contribution in [-0.2, 0) is 23.2 Å². The van der Waals surface area contributed by atoms with E-state index in [2.05, 4.69) is 5.10 Å². The van der Waals surface area contributed by atoms with Gasteiger partial charge in [0.15, 0.2) is 5.76 Å². The van der Waals surface area contributed by atoms with Crippen LogP contribution in [0.5, 0.6) is 5.75 Å². The van der Waals surface area contributed by atoms with E-state index in [-0.39, 0.29) is 24.5 Å². The Morgan fingerprint density at radius 1 is 1.50 bits per heavy atom. The minimum absolute atomic E-state index is 0.00297. The highest BCUT2D eigenvalue weighted by molar-refractivity contribution is 5.71. The van der Waals surface area contributed by atoms with E-state index in [0.29, 0.717) is 11.3 Å². The van der Waals surface area contributed by atoms with Gasteiger partial charge in [-0.05, 0) is 13.8 Å². The standard InChI is InChI=1S/C16H20N2O6/c1-4-23-14(21)6-11(12-7-18(3)17-9(12)2)16-15(22)13(20)5-10(8-19)24-16/h5,7,11,19,22H,4,6,8H2,1-3H3/t11-/m0/s1. The zero-order valence-electron chi connectivity index (χ0n) is 13.8. The maximum absolute atomic E-state index is 12.0. The Balaban J connectivity index is 2.58. The van der Waals surface area contributed by atoms with Crippen molar-refractivity contribution in [3.8, 4) is 5.75 Å². The van der Waals surface area contributed by atoms with Gasteiger partial charge < -0.3 is 19.4 Å². The van der Waals surface area contributed by atoms with Crippen molar-refractivity contribution in [1.82, 2.24) is 9.78 Å². The van der Waals surface area contributed by atoms with Crippen LogP contribution < -0.4 is 5.43 Å². The number of esters is 1. The summed E-state index contributed by atoms with van der Waals surface area (Å²) in [4.78, 5) is 23.9. The van der Waals surface area contributed by atoms with Crippen molar-refractivity contribution in [3.05, 3.63) is 45.3 Å². The van der Waals surface area contributed by atoms with Crippen LogP contribution in [0.3, 0.4) is 0 Å². The number of rotatable bonds is 6. The average Bonchev–Trinajstić information content (AvgIpc) is 2.86. The lowest BCUT2D eigenvalue weighted by molar-refractivity contribution is -0.143. The summed E-state index contributed by atoms with van der Waals surface area (Å²) in [5.74, 6) is -1.93. The molecule has 0 saturated heterocycles. The second-order valence-electron chi connectivity index (χ2n) is 5.35. The summed E-state index contributed by atoms with van der Waals surface area (Å²) in [7, 11) is 1.72. The van der Waals surface area contributed by atoms with E-state index in [4.69, 9.17) is 9.15 Å². The zero-order valence-corrected chi connectivity index (χ0v) is 13.8. The third-order valence-electron chi connectivity index (χ3n) is 3.58. The molecule has 24 heavy (non-hydrogen) atoms. The first-order chi connectivity index (χ1) is 11.4. The molecule has 0 aromatic carbocycles. The Bertz CT molecular complexity index is 792. The fraction of sp³-hybridized carbons (Fsp3) is 0.438. The van der Waals surface area contributed by atoms with Crippen molar-refractivity contribution in [2.75, 3.05) is 6.61 Å². The van der Waals surface area contributed by atoms with Crippen LogP contribution in [0, 0.1) is 6.92 Å². The molecule has 8 heteroatoms. The maximum Gasteiger partial charge on any atom is 0.306 e. The molecule has 2 N–H and O–H groups in total. The number of aliphatic hydroxyl groups is 1. The molecule has 2 rings (SSSR count). The molecule has 0 spiro atoms. The molecule has 2 aromatic heterocycles. The van der Waals surface area contributed by atoms with Crippen molar-refractivity contribution in [1.29, 1.82) is 0 Å². The van der Waals surface area contributed by atoms with Crippen LogP contribution in [0.15, 0.2) is 21.5 Å². The largest absolute Gasteiger partial charge is 0.502 e. The van der Waals surface area contributed by atoms with Crippen molar-refractivity contribution in [2.24, 2.45) is 7.05 Å². The van der Waals surface area contributed by atoms with Gasteiger partial charge in [-0.3, -0.25) is 14.3 Å². The summed E-state index contributed by atoms with van der Waals surface area (Å²) in [6.07, 6.45) is 1.55. The molecule has 0 amide bonds. The van der Waals surface area contributed by atoms with Gasteiger partial charge in [0.2, 0.25) is 11.2 Å². The SMILES string of the molecule is CCOC(=O)C[C@@H](c1cn(C)nc1C)c1oc(CO)cc(=O)c1O. The van der Waals surface area contributed by atoms with Crippen LogP contribution in [-0.4, -0.2) is 32.6 Å². The second kappa shape index (κ2) is 7.31. The first kappa shape index (κ1) is 17.7. The monoisotopic (exact) mass is 336 g/mol. The number of carbonyl (C=O) groups is 1. The molecule has 0 aliphatic heterocycles. The highest BCUT2D eigenvalue weighted by Crippen LogP contribution is 2.34. The number of carbonyl (C=O) groups excluding carboxylic acids is 1. The Morgan fingerprint density at radius 3 is 2.75 bits per heavy atom. The molecule has 0 aliphatic rings. The number of aromatic nitrogens is 2. The van der Waals surface area contributed by atoms with Crippen LogP contribution in [0.1, 0.15) is 42.0 Å². The maximum atomic E-state index is 12.0. The number of ether oxygens (including phenoxy) is 1. The molecule has 2 heterocycles. The van der Waals surface area contributed by atoms with Crippen molar-refractivity contribution < 1.29 is 24.2 Å². The Morgan fingerprint density at radius 2 is 2.21 bits per heavy atom. The molecule has 8 nitrogen and oxygen atoms in total. The van der Waals surface area contributed by atoms with E-state index in [0.717, 1.165) is 6.07 Å². The molecule has 0 fully saturated rings. The van der Waals surface area contributed by atoms with Crippen LogP contribution >= 0.6 is 0 Å². The van der Waals surface area contributed by atoms with Gasteiger partial charge in [-0.2, -0.15) is 5.10 Å².